The van der Waals surface area contributed by atoms with Crippen molar-refractivity contribution in [1.82, 2.24) is 0 Å². The predicted molar refractivity (Wildman–Crippen MR) is 53.6 cm³/mol. The van der Waals surface area contributed by atoms with Gasteiger partial charge in [-0.2, -0.15) is 0 Å². The lowest BCUT2D eigenvalue weighted by Crippen LogP contribution is -2.05. The average molecular weight is 198 g/mol. The first kappa shape index (κ1) is 10.3. The van der Waals surface area contributed by atoms with Crippen LogP contribution < -0.4 is 0 Å². The van der Waals surface area contributed by atoms with Crippen molar-refractivity contribution in [3.8, 4) is 0 Å². The van der Waals surface area contributed by atoms with Crippen LogP contribution >= 0.6 is 0 Å². The molecule has 0 saturated heterocycles. The van der Waals surface area contributed by atoms with Gasteiger partial charge in [0.1, 0.15) is 0 Å². The Hall–Kier alpha value is -0.830. The molecule has 0 aliphatic rings. The molecule has 0 saturated carbocycles. The van der Waals surface area contributed by atoms with Gasteiger partial charge in [-0.15, -0.1) is 0 Å². The number of aryl methyl sites for hydroxylation is 2. The van der Waals surface area contributed by atoms with Gasteiger partial charge in [-0.1, -0.05) is 19.1 Å². The van der Waals surface area contributed by atoms with Gasteiger partial charge in [-0.25, -0.2) is 8.42 Å². The summed E-state index contributed by atoms with van der Waals surface area (Å²) in [6.07, 6.45) is 0. The molecule has 2 nitrogen and oxygen atoms in total. The molecule has 0 amide bonds. The van der Waals surface area contributed by atoms with Crippen LogP contribution in [0.4, 0.5) is 0 Å². The van der Waals surface area contributed by atoms with Gasteiger partial charge in [0.05, 0.1) is 10.6 Å². The maximum Gasteiger partial charge on any atom is 0.178 e. The van der Waals surface area contributed by atoms with E-state index in [4.69, 9.17) is 0 Å². The number of hydrogen-bond donors (Lipinski definition) is 0. The summed E-state index contributed by atoms with van der Waals surface area (Å²) in [7, 11) is -3.05. The largest absolute Gasteiger partial charge is 0.224 e. The highest BCUT2D eigenvalue weighted by molar-refractivity contribution is 7.91. The fraction of sp³-hybridized carbons (Fsp3) is 0.400. The summed E-state index contributed by atoms with van der Waals surface area (Å²) in [5.41, 5.74) is 1.81. The molecule has 0 aromatic heterocycles. The number of benzene rings is 1. The van der Waals surface area contributed by atoms with E-state index in [-0.39, 0.29) is 5.75 Å². The Morgan fingerprint density at radius 3 is 2.38 bits per heavy atom. The standard InChI is InChI=1S/C10H14O2S/c1-4-13(11,12)10-7-8(2)5-6-9(10)3/h5-7H,4H2,1-3H3. The van der Waals surface area contributed by atoms with Gasteiger partial charge in [-0.3, -0.25) is 0 Å². The quantitative estimate of drug-likeness (QED) is 0.729. The molecular formula is C10H14O2S. The molecule has 0 unspecified atom stereocenters. The van der Waals surface area contributed by atoms with Crippen LogP contribution in [0.25, 0.3) is 0 Å². The van der Waals surface area contributed by atoms with Gasteiger partial charge in [0.2, 0.25) is 0 Å². The molecule has 0 radical (unpaired) electrons. The Balaban J connectivity index is 3.38. The van der Waals surface area contributed by atoms with Crippen molar-refractivity contribution in [1.29, 1.82) is 0 Å². The number of rotatable bonds is 2. The van der Waals surface area contributed by atoms with E-state index in [1.54, 1.807) is 13.0 Å². The smallest absolute Gasteiger partial charge is 0.178 e. The molecule has 0 bridgehead atoms. The topological polar surface area (TPSA) is 34.1 Å². The molecule has 0 aliphatic carbocycles. The van der Waals surface area contributed by atoms with Gasteiger partial charge in [0, 0.05) is 0 Å². The highest BCUT2D eigenvalue weighted by Gasteiger charge is 2.13. The molecule has 0 spiro atoms. The first-order chi connectivity index (χ1) is 5.97. The molecule has 1 aromatic carbocycles. The van der Waals surface area contributed by atoms with Crippen molar-refractivity contribution in [2.24, 2.45) is 0 Å². The average Bonchev–Trinajstić information content (AvgIpc) is 2.09. The van der Waals surface area contributed by atoms with Crippen LogP contribution in [0.3, 0.4) is 0 Å². The molecule has 0 N–H and O–H groups in total. The van der Waals surface area contributed by atoms with Crippen molar-refractivity contribution in [3.63, 3.8) is 0 Å². The zero-order valence-electron chi connectivity index (χ0n) is 8.16. The number of hydrogen-bond acceptors (Lipinski definition) is 2. The third kappa shape index (κ3) is 2.10. The predicted octanol–water partition coefficient (Wildman–Crippen LogP) is 2.10. The maximum atomic E-state index is 11.6. The van der Waals surface area contributed by atoms with E-state index in [0.717, 1.165) is 11.1 Å². The lowest BCUT2D eigenvalue weighted by molar-refractivity contribution is 0.596. The monoisotopic (exact) mass is 198 g/mol. The first-order valence-corrected chi connectivity index (χ1v) is 5.92. The van der Waals surface area contributed by atoms with Crippen molar-refractivity contribution in [2.45, 2.75) is 25.7 Å². The summed E-state index contributed by atoms with van der Waals surface area (Å²) in [5.74, 6) is 0.164. The first-order valence-electron chi connectivity index (χ1n) is 4.27. The third-order valence-corrected chi connectivity index (χ3v) is 3.93. The van der Waals surface area contributed by atoms with E-state index in [2.05, 4.69) is 0 Å². The molecule has 0 fully saturated rings. The van der Waals surface area contributed by atoms with E-state index in [1.807, 2.05) is 26.0 Å². The van der Waals surface area contributed by atoms with Crippen molar-refractivity contribution < 1.29 is 8.42 Å². The molecule has 13 heavy (non-hydrogen) atoms. The highest BCUT2D eigenvalue weighted by atomic mass is 32.2. The van der Waals surface area contributed by atoms with Gasteiger partial charge in [-0.05, 0) is 31.0 Å². The summed E-state index contributed by atoms with van der Waals surface area (Å²) < 4.78 is 23.1. The minimum atomic E-state index is -3.05. The summed E-state index contributed by atoms with van der Waals surface area (Å²) in [5, 5.41) is 0. The molecule has 0 heterocycles. The second kappa shape index (κ2) is 3.50. The Morgan fingerprint density at radius 1 is 1.23 bits per heavy atom. The second-order valence-electron chi connectivity index (χ2n) is 3.17. The summed E-state index contributed by atoms with van der Waals surface area (Å²) in [4.78, 5) is 0.468. The third-order valence-electron chi connectivity index (χ3n) is 2.06. The fourth-order valence-electron chi connectivity index (χ4n) is 1.20. The molecule has 1 rings (SSSR count). The van der Waals surface area contributed by atoms with Crippen LogP contribution in [-0.2, 0) is 9.84 Å². The zero-order chi connectivity index (χ0) is 10.1. The minimum absolute atomic E-state index is 0.164. The normalized spacial score (nSPS) is 11.6. The van der Waals surface area contributed by atoms with Gasteiger partial charge in [0.25, 0.3) is 0 Å². The van der Waals surface area contributed by atoms with Crippen LogP contribution in [-0.4, -0.2) is 14.2 Å². The molecule has 72 valence electrons. The molecule has 0 aliphatic heterocycles. The van der Waals surface area contributed by atoms with Crippen LogP contribution in [0.2, 0.25) is 0 Å². The fourth-order valence-corrected chi connectivity index (χ4v) is 2.43. The van der Waals surface area contributed by atoms with E-state index in [9.17, 15) is 8.42 Å². The van der Waals surface area contributed by atoms with Gasteiger partial charge in [0.15, 0.2) is 9.84 Å². The van der Waals surface area contributed by atoms with E-state index < -0.39 is 9.84 Å². The van der Waals surface area contributed by atoms with Crippen LogP contribution in [0, 0.1) is 13.8 Å². The summed E-state index contributed by atoms with van der Waals surface area (Å²) in [6, 6.07) is 5.50. The van der Waals surface area contributed by atoms with E-state index in [0.29, 0.717) is 4.90 Å². The summed E-state index contributed by atoms with van der Waals surface area (Å²) in [6.45, 7) is 5.38. The minimum Gasteiger partial charge on any atom is -0.224 e. The van der Waals surface area contributed by atoms with Gasteiger partial charge >= 0.3 is 0 Å². The lowest BCUT2D eigenvalue weighted by atomic mass is 10.2. The Morgan fingerprint density at radius 2 is 1.85 bits per heavy atom. The molecular weight excluding hydrogens is 184 g/mol. The Kier molecular flexibility index (Phi) is 2.76. The lowest BCUT2D eigenvalue weighted by Gasteiger charge is -2.05. The van der Waals surface area contributed by atoms with Crippen LogP contribution in [0.15, 0.2) is 23.1 Å². The maximum absolute atomic E-state index is 11.6. The molecule has 1 aromatic rings. The Bertz CT molecular complexity index is 405. The summed E-state index contributed by atoms with van der Waals surface area (Å²) >= 11 is 0. The van der Waals surface area contributed by atoms with Crippen molar-refractivity contribution in [3.05, 3.63) is 29.3 Å². The number of sulfone groups is 1. The van der Waals surface area contributed by atoms with E-state index >= 15 is 0 Å². The van der Waals surface area contributed by atoms with E-state index in [1.165, 1.54) is 0 Å². The van der Waals surface area contributed by atoms with Gasteiger partial charge < -0.3 is 0 Å². The molecule has 0 atom stereocenters. The van der Waals surface area contributed by atoms with Crippen LogP contribution in [0.1, 0.15) is 18.1 Å². The highest BCUT2D eigenvalue weighted by Crippen LogP contribution is 2.17. The van der Waals surface area contributed by atoms with Crippen molar-refractivity contribution >= 4 is 9.84 Å². The Labute approximate surface area is 79.5 Å². The SMILES string of the molecule is CCS(=O)(=O)c1cc(C)ccc1C. The second-order valence-corrected chi connectivity index (χ2v) is 5.42. The zero-order valence-corrected chi connectivity index (χ0v) is 8.98. The van der Waals surface area contributed by atoms with Crippen molar-refractivity contribution in [2.75, 3.05) is 5.75 Å². The van der Waals surface area contributed by atoms with Crippen LogP contribution in [0.5, 0.6) is 0 Å². The molecule has 3 heteroatoms.